The second-order valence-corrected chi connectivity index (χ2v) is 6.90. The summed E-state index contributed by atoms with van der Waals surface area (Å²) in [6.07, 6.45) is 5.69. The molecule has 1 aromatic carbocycles. The number of fused-ring (bicyclic) bond motifs is 1. The zero-order valence-corrected chi connectivity index (χ0v) is 16.9. The maximum Gasteiger partial charge on any atom is 0.383 e. The Bertz CT molecular complexity index is 979. The third-order valence-corrected chi connectivity index (χ3v) is 4.15. The van der Waals surface area contributed by atoms with E-state index in [1.165, 1.54) is 17.7 Å². The van der Waals surface area contributed by atoms with Gasteiger partial charge in [-0.2, -0.15) is 0 Å². The van der Waals surface area contributed by atoms with Crippen molar-refractivity contribution in [2.24, 2.45) is 0 Å². The molecule has 2 rings (SSSR count). The van der Waals surface area contributed by atoms with E-state index in [2.05, 4.69) is 19.9 Å². The molecule has 0 saturated heterocycles. The predicted molar refractivity (Wildman–Crippen MR) is 110 cm³/mol. The number of carboxylic acid groups (broad SMARTS) is 1. The van der Waals surface area contributed by atoms with Gasteiger partial charge in [0.05, 0.1) is 18.4 Å². The highest BCUT2D eigenvalue weighted by molar-refractivity contribution is 5.86. The quantitative estimate of drug-likeness (QED) is 0.447. The van der Waals surface area contributed by atoms with Crippen molar-refractivity contribution in [3.05, 3.63) is 51.9 Å². The van der Waals surface area contributed by atoms with Crippen LogP contribution in [-0.2, 0) is 4.79 Å². The van der Waals surface area contributed by atoms with Gasteiger partial charge in [-0.3, -0.25) is 4.79 Å². The van der Waals surface area contributed by atoms with Crippen LogP contribution in [0, 0.1) is 0 Å². The number of benzene rings is 1. The van der Waals surface area contributed by atoms with Gasteiger partial charge in [0.15, 0.2) is 5.75 Å². The summed E-state index contributed by atoms with van der Waals surface area (Å²) in [6.45, 7) is 6.21. The van der Waals surface area contributed by atoms with Crippen LogP contribution in [0.1, 0.15) is 40.0 Å². The minimum atomic E-state index is -0.974. The second-order valence-electron chi connectivity index (χ2n) is 6.90. The number of aliphatic carboxylic acids is 1. The Balaban J connectivity index is 2.09. The normalized spacial score (nSPS) is 11.3. The molecule has 0 aliphatic rings. The molecule has 0 radical (unpaired) electrons. The van der Waals surface area contributed by atoms with Crippen LogP contribution in [0.25, 0.3) is 11.0 Å². The van der Waals surface area contributed by atoms with Crippen molar-refractivity contribution in [3.8, 4) is 17.2 Å². The first-order valence-electron chi connectivity index (χ1n) is 9.34. The predicted octanol–water partition coefficient (Wildman–Crippen LogP) is 4.42. The number of hydrogen-bond donors (Lipinski definition) is 2. The van der Waals surface area contributed by atoms with Gasteiger partial charge in [0, 0.05) is 6.07 Å². The van der Waals surface area contributed by atoms with E-state index in [1.54, 1.807) is 6.07 Å². The van der Waals surface area contributed by atoms with Crippen molar-refractivity contribution >= 4 is 16.9 Å². The van der Waals surface area contributed by atoms with Crippen LogP contribution < -0.4 is 15.1 Å². The lowest BCUT2D eigenvalue weighted by Crippen LogP contribution is -2.08. The van der Waals surface area contributed by atoms with Gasteiger partial charge in [0.1, 0.15) is 17.9 Å². The molecule has 1 heterocycles. The molecule has 7 nitrogen and oxygen atoms in total. The summed E-state index contributed by atoms with van der Waals surface area (Å²) in [7, 11) is 0. The molecule has 0 unspecified atom stereocenters. The lowest BCUT2D eigenvalue weighted by Gasteiger charge is -2.09. The first-order chi connectivity index (χ1) is 13.8. The SMILES string of the molecule is CC(C)=CCC/C(C)=C/COc1c(O)c2ccc(OCCC(=O)O)cc2oc1=O. The van der Waals surface area contributed by atoms with E-state index in [-0.39, 0.29) is 36.7 Å². The standard InChI is InChI=1S/C22H26O7/c1-14(2)5-4-6-15(3)9-11-28-21-20(25)17-8-7-16(27-12-10-19(23)24)13-18(17)29-22(21)26/h5,7-9,13,25H,4,6,10-12H2,1-3H3,(H,23,24)/b15-9+. The number of rotatable bonds is 10. The molecule has 0 saturated carbocycles. The van der Waals surface area contributed by atoms with E-state index >= 15 is 0 Å². The Morgan fingerprint density at radius 3 is 2.59 bits per heavy atom. The highest BCUT2D eigenvalue weighted by Crippen LogP contribution is 2.33. The van der Waals surface area contributed by atoms with Crippen LogP contribution in [0.15, 0.2) is 50.7 Å². The summed E-state index contributed by atoms with van der Waals surface area (Å²) in [5, 5.41) is 19.3. The third kappa shape index (κ3) is 6.71. The molecule has 156 valence electrons. The van der Waals surface area contributed by atoms with E-state index in [0.29, 0.717) is 11.1 Å². The van der Waals surface area contributed by atoms with Gasteiger partial charge >= 0.3 is 11.6 Å². The zero-order valence-electron chi connectivity index (χ0n) is 16.9. The summed E-state index contributed by atoms with van der Waals surface area (Å²) in [5.74, 6) is -1.18. The number of ether oxygens (including phenoxy) is 2. The molecule has 2 N–H and O–H groups in total. The average molecular weight is 402 g/mol. The number of carboxylic acids is 1. The molecule has 0 amide bonds. The molecule has 0 atom stereocenters. The van der Waals surface area contributed by atoms with Crippen molar-refractivity contribution in [2.75, 3.05) is 13.2 Å². The molecule has 0 aliphatic heterocycles. The highest BCUT2D eigenvalue weighted by atomic mass is 16.5. The fraction of sp³-hybridized carbons (Fsp3) is 0.364. The maximum absolute atomic E-state index is 12.2. The van der Waals surface area contributed by atoms with Gasteiger partial charge in [-0.25, -0.2) is 4.79 Å². The van der Waals surface area contributed by atoms with Crippen molar-refractivity contribution < 1.29 is 28.9 Å². The smallest absolute Gasteiger partial charge is 0.383 e. The summed E-state index contributed by atoms with van der Waals surface area (Å²) in [6, 6.07) is 4.51. The molecular weight excluding hydrogens is 376 g/mol. The fourth-order valence-electron chi connectivity index (χ4n) is 2.58. The topological polar surface area (TPSA) is 106 Å². The van der Waals surface area contributed by atoms with Crippen molar-refractivity contribution in [1.82, 2.24) is 0 Å². The van der Waals surface area contributed by atoms with E-state index in [9.17, 15) is 14.7 Å². The van der Waals surface area contributed by atoms with E-state index in [4.69, 9.17) is 19.0 Å². The molecule has 0 aliphatic carbocycles. The molecular formula is C22H26O7. The van der Waals surface area contributed by atoms with Gasteiger partial charge in [-0.05, 0) is 51.8 Å². The number of allylic oxidation sites excluding steroid dienone is 3. The van der Waals surface area contributed by atoms with Gasteiger partial charge in [-0.1, -0.05) is 17.2 Å². The highest BCUT2D eigenvalue weighted by Gasteiger charge is 2.16. The molecule has 1 aromatic heterocycles. The second kappa shape index (κ2) is 10.4. The summed E-state index contributed by atoms with van der Waals surface area (Å²) < 4.78 is 16.0. The fourth-order valence-corrected chi connectivity index (χ4v) is 2.58. The number of carbonyl (C=O) groups is 1. The lowest BCUT2D eigenvalue weighted by atomic mass is 10.1. The van der Waals surface area contributed by atoms with Crippen molar-refractivity contribution in [3.63, 3.8) is 0 Å². The Hall–Kier alpha value is -3.22. The van der Waals surface area contributed by atoms with Crippen LogP contribution in [0.3, 0.4) is 0 Å². The Morgan fingerprint density at radius 1 is 1.14 bits per heavy atom. The van der Waals surface area contributed by atoms with Crippen molar-refractivity contribution in [2.45, 2.75) is 40.0 Å². The first kappa shape index (κ1) is 22.1. The van der Waals surface area contributed by atoms with Gasteiger partial charge < -0.3 is 24.1 Å². The minimum Gasteiger partial charge on any atom is -0.504 e. The average Bonchev–Trinajstić information content (AvgIpc) is 2.63. The zero-order chi connectivity index (χ0) is 21.4. The van der Waals surface area contributed by atoms with Gasteiger partial charge in [-0.15, -0.1) is 0 Å². The van der Waals surface area contributed by atoms with Gasteiger partial charge in [0.2, 0.25) is 5.75 Å². The third-order valence-electron chi connectivity index (χ3n) is 4.15. The molecule has 29 heavy (non-hydrogen) atoms. The van der Waals surface area contributed by atoms with Crippen LogP contribution in [0.5, 0.6) is 17.2 Å². The summed E-state index contributed by atoms with van der Waals surface area (Å²) >= 11 is 0. The summed E-state index contributed by atoms with van der Waals surface area (Å²) in [4.78, 5) is 22.7. The minimum absolute atomic E-state index is 0.0163. The van der Waals surface area contributed by atoms with E-state index in [1.807, 2.05) is 13.0 Å². The van der Waals surface area contributed by atoms with Crippen LogP contribution >= 0.6 is 0 Å². The molecule has 0 fully saturated rings. The van der Waals surface area contributed by atoms with Crippen LogP contribution in [-0.4, -0.2) is 29.4 Å². The molecule has 0 bridgehead atoms. The molecule has 0 spiro atoms. The van der Waals surface area contributed by atoms with Gasteiger partial charge in [0.25, 0.3) is 0 Å². The maximum atomic E-state index is 12.2. The molecule has 7 heteroatoms. The Labute approximate surface area is 168 Å². The van der Waals surface area contributed by atoms with Crippen LogP contribution in [0.2, 0.25) is 0 Å². The van der Waals surface area contributed by atoms with Crippen LogP contribution in [0.4, 0.5) is 0 Å². The Morgan fingerprint density at radius 2 is 1.90 bits per heavy atom. The first-order valence-corrected chi connectivity index (χ1v) is 9.34. The summed E-state index contributed by atoms with van der Waals surface area (Å²) in [5.41, 5.74) is 1.72. The van der Waals surface area contributed by atoms with Crippen molar-refractivity contribution in [1.29, 1.82) is 0 Å². The number of aromatic hydroxyl groups is 1. The number of hydrogen-bond acceptors (Lipinski definition) is 6. The van der Waals surface area contributed by atoms with E-state index < -0.39 is 11.6 Å². The molecule has 2 aromatic rings. The van der Waals surface area contributed by atoms with E-state index in [0.717, 1.165) is 18.4 Å². The Kier molecular flexibility index (Phi) is 7.88. The monoisotopic (exact) mass is 402 g/mol. The largest absolute Gasteiger partial charge is 0.504 e. The lowest BCUT2D eigenvalue weighted by molar-refractivity contribution is -0.137.